The van der Waals surface area contributed by atoms with Crippen LogP contribution >= 0.6 is 0 Å². The van der Waals surface area contributed by atoms with Gasteiger partial charge in [0.25, 0.3) is 5.88 Å². The van der Waals surface area contributed by atoms with Crippen molar-refractivity contribution in [3.05, 3.63) is 139 Å². The van der Waals surface area contributed by atoms with Crippen molar-refractivity contribution in [2.75, 3.05) is 16.8 Å². The van der Waals surface area contributed by atoms with Crippen molar-refractivity contribution in [2.45, 2.75) is 57.3 Å². The largest absolute Gasteiger partial charge is 0.425 e. The van der Waals surface area contributed by atoms with Gasteiger partial charge in [0.1, 0.15) is 11.8 Å². The Labute approximate surface area is 312 Å². The fourth-order valence-electron chi connectivity index (χ4n) is 7.47. The van der Waals surface area contributed by atoms with E-state index >= 15 is 0 Å². The summed E-state index contributed by atoms with van der Waals surface area (Å²) in [6.45, 7) is 2.54. The van der Waals surface area contributed by atoms with Gasteiger partial charge in [-0.25, -0.2) is 14.7 Å². The molecule has 4 atom stereocenters. The average molecular weight is 725 g/mol. The molecular formula is C42H40N6O6. The summed E-state index contributed by atoms with van der Waals surface area (Å²) in [4.78, 5) is 41.6. The van der Waals surface area contributed by atoms with Gasteiger partial charge in [0.15, 0.2) is 11.2 Å². The maximum atomic E-state index is 14.0. The van der Waals surface area contributed by atoms with Crippen LogP contribution in [0.1, 0.15) is 43.5 Å². The molecule has 1 aliphatic carbocycles. The van der Waals surface area contributed by atoms with Crippen LogP contribution in [0.4, 0.5) is 22.1 Å². The van der Waals surface area contributed by atoms with Crippen LogP contribution in [0.25, 0.3) is 11.2 Å². The molecule has 2 aliphatic rings. The van der Waals surface area contributed by atoms with Gasteiger partial charge < -0.3 is 18.9 Å². The predicted octanol–water partition coefficient (Wildman–Crippen LogP) is 7.99. The van der Waals surface area contributed by atoms with Crippen LogP contribution in [0.5, 0.6) is 5.88 Å². The Morgan fingerprint density at radius 1 is 0.852 bits per heavy atom. The maximum absolute atomic E-state index is 14.0. The number of nitrogens with zero attached hydrogens (tertiary/aromatic N) is 5. The van der Waals surface area contributed by atoms with E-state index in [4.69, 9.17) is 23.9 Å². The minimum atomic E-state index is -0.748. The number of benzene rings is 4. The third-order valence-corrected chi connectivity index (χ3v) is 9.84. The monoisotopic (exact) mass is 724 g/mol. The van der Waals surface area contributed by atoms with Crippen molar-refractivity contribution in [3.8, 4) is 5.88 Å². The molecule has 0 spiro atoms. The van der Waals surface area contributed by atoms with Crippen LogP contribution in [0.15, 0.2) is 128 Å². The van der Waals surface area contributed by atoms with E-state index in [2.05, 4.69) is 15.3 Å². The second-order valence-electron chi connectivity index (χ2n) is 13.6. The summed E-state index contributed by atoms with van der Waals surface area (Å²) >= 11 is 0. The highest BCUT2D eigenvalue weighted by molar-refractivity contribution is 5.98. The number of nitrogens with one attached hydrogen (secondary N) is 1. The van der Waals surface area contributed by atoms with E-state index in [-0.39, 0.29) is 35.3 Å². The smallest absolute Gasteiger partial charge is 0.388 e. The Hall–Kier alpha value is -5.95. The molecule has 1 aliphatic heterocycles. The number of carbonyl (C=O) groups excluding carboxylic acids is 2. The van der Waals surface area contributed by atoms with Gasteiger partial charge in [-0.3, -0.25) is 14.7 Å². The molecule has 2 bridgehead atoms. The van der Waals surface area contributed by atoms with Gasteiger partial charge in [0.2, 0.25) is 11.9 Å². The predicted molar refractivity (Wildman–Crippen MR) is 202 cm³/mol. The van der Waals surface area contributed by atoms with E-state index in [1.807, 2.05) is 126 Å². The van der Waals surface area contributed by atoms with E-state index in [1.165, 1.54) is 11.8 Å². The summed E-state index contributed by atoms with van der Waals surface area (Å²) in [5, 5.41) is 2.66. The summed E-state index contributed by atoms with van der Waals surface area (Å²) in [5.74, 6) is -0.617. The molecule has 2 aromatic heterocycles. The van der Waals surface area contributed by atoms with Crippen LogP contribution < -0.4 is 15.0 Å². The highest BCUT2D eigenvalue weighted by Crippen LogP contribution is 2.53. The first-order valence-electron chi connectivity index (χ1n) is 18.1. The topological polar surface area (TPSA) is 130 Å². The molecule has 1 saturated carbocycles. The summed E-state index contributed by atoms with van der Waals surface area (Å²) in [6, 6.07) is 38.5. The number of amides is 2. The first kappa shape index (κ1) is 35.1. The Morgan fingerprint density at radius 2 is 1.46 bits per heavy atom. The summed E-state index contributed by atoms with van der Waals surface area (Å²) in [6.07, 6.45) is 2.54. The van der Waals surface area contributed by atoms with Crippen molar-refractivity contribution >= 4 is 40.5 Å². The molecule has 12 heteroatoms. The lowest BCUT2D eigenvalue weighted by molar-refractivity contribution is -0.162. The molecule has 12 nitrogen and oxygen atoms in total. The SMILES string of the molecule is CC(=O)Nc1nc(OC(=O)N(c2ccccc2)c2ccccc2)c2ncn([C@@H]3O[C@@]4(COCc5ccccc5)CCC[C@@H]3[C@@H]4OCc3ccccc3)c2n1. The summed E-state index contributed by atoms with van der Waals surface area (Å²) in [5.41, 5.74) is 3.15. The van der Waals surface area contributed by atoms with E-state index in [1.54, 1.807) is 6.33 Å². The van der Waals surface area contributed by atoms with Crippen molar-refractivity contribution < 1.29 is 28.5 Å². The number of carbonyl (C=O) groups is 2. The number of fused-ring (bicyclic) bond motifs is 3. The van der Waals surface area contributed by atoms with Gasteiger partial charge >= 0.3 is 6.09 Å². The number of imidazole rings is 1. The number of aromatic nitrogens is 4. The summed E-state index contributed by atoms with van der Waals surface area (Å²) in [7, 11) is 0. The fourth-order valence-corrected chi connectivity index (χ4v) is 7.47. The van der Waals surface area contributed by atoms with Crippen molar-refractivity contribution in [1.29, 1.82) is 0 Å². The van der Waals surface area contributed by atoms with E-state index in [9.17, 15) is 9.59 Å². The molecule has 4 aromatic carbocycles. The van der Waals surface area contributed by atoms with Crippen LogP contribution in [-0.4, -0.2) is 49.8 Å². The zero-order valence-electron chi connectivity index (χ0n) is 29.8. The third-order valence-electron chi connectivity index (χ3n) is 9.84. The molecule has 274 valence electrons. The van der Waals surface area contributed by atoms with Gasteiger partial charge in [-0.15, -0.1) is 0 Å². The standard InChI is InChI=1S/C42H40N6O6/c1-29(49)44-40-45-37-35(38(46-40)53-41(50)48(32-19-10-4-11-20-32)33-21-12-5-13-22-33)43-28-47(37)39-34-23-14-24-42(54-39,27-51-25-30-15-6-2-7-16-30)36(34)52-26-31-17-8-3-9-18-31/h2-13,15-22,28,34,36,39H,14,23-27H2,1H3,(H,44,45,46,49)/t34-,36+,39-,42-/m1/s1. The Morgan fingerprint density at radius 3 is 2.09 bits per heavy atom. The number of rotatable bonds is 12. The molecule has 1 N–H and O–H groups in total. The third kappa shape index (κ3) is 7.31. The lowest BCUT2D eigenvalue weighted by Gasteiger charge is -2.38. The number of hydrogen-bond acceptors (Lipinski definition) is 9. The molecule has 2 fully saturated rings. The molecule has 2 amide bonds. The first-order valence-corrected chi connectivity index (χ1v) is 18.1. The quantitative estimate of drug-likeness (QED) is 0.134. The highest BCUT2D eigenvalue weighted by Gasteiger charge is 2.59. The fraction of sp³-hybridized carbons (Fsp3) is 0.262. The number of ether oxygens (including phenoxy) is 4. The van der Waals surface area contributed by atoms with E-state index in [0.717, 1.165) is 30.4 Å². The van der Waals surface area contributed by atoms with Gasteiger partial charge in [-0.2, -0.15) is 9.97 Å². The van der Waals surface area contributed by atoms with Crippen LogP contribution in [0.3, 0.4) is 0 Å². The van der Waals surface area contributed by atoms with Gasteiger partial charge in [0, 0.05) is 12.8 Å². The Kier molecular flexibility index (Phi) is 10.1. The van der Waals surface area contributed by atoms with E-state index < -0.39 is 17.9 Å². The zero-order chi connectivity index (χ0) is 36.9. The van der Waals surface area contributed by atoms with Crippen molar-refractivity contribution in [1.82, 2.24) is 19.5 Å². The number of anilines is 3. The van der Waals surface area contributed by atoms with Crippen LogP contribution in [-0.2, 0) is 32.2 Å². The molecule has 1 saturated heterocycles. The number of para-hydroxylation sites is 2. The Bertz CT molecular complexity index is 2170. The summed E-state index contributed by atoms with van der Waals surface area (Å²) < 4.78 is 28.1. The first-order chi connectivity index (χ1) is 26.5. The maximum Gasteiger partial charge on any atom is 0.425 e. The van der Waals surface area contributed by atoms with Gasteiger partial charge in [-0.1, -0.05) is 97.1 Å². The Balaban J connectivity index is 1.14. The normalized spacial score (nSPS) is 20.4. The van der Waals surface area contributed by atoms with Crippen molar-refractivity contribution in [3.63, 3.8) is 0 Å². The minimum absolute atomic E-state index is 0.0377. The van der Waals surface area contributed by atoms with Crippen molar-refractivity contribution in [2.24, 2.45) is 5.92 Å². The molecule has 54 heavy (non-hydrogen) atoms. The van der Waals surface area contributed by atoms with Crippen LogP contribution in [0, 0.1) is 5.92 Å². The lowest BCUT2D eigenvalue weighted by Crippen LogP contribution is -2.49. The molecule has 3 heterocycles. The minimum Gasteiger partial charge on any atom is -0.388 e. The molecular weight excluding hydrogens is 684 g/mol. The van der Waals surface area contributed by atoms with E-state index in [0.29, 0.717) is 36.8 Å². The molecule has 0 unspecified atom stereocenters. The lowest BCUT2D eigenvalue weighted by atomic mass is 9.77. The molecule has 8 rings (SSSR count). The average Bonchev–Trinajstić information content (AvgIpc) is 3.68. The van der Waals surface area contributed by atoms with Crippen LogP contribution in [0.2, 0.25) is 0 Å². The molecule has 0 radical (unpaired) electrons. The molecule has 6 aromatic rings. The number of hydrogen-bond donors (Lipinski definition) is 1. The van der Waals surface area contributed by atoms with Gasteiger partial charge in [0.05, 0.1) is 43.6 Å². The second-order valence-corrected chi connectivity index (χ2v) is 13.6. The second kappa shape index (κ2) is 15.6. The zero-order valence-corrected chi connectivity index (χ0v) is 29.8. The highest BCUT2D eigenvalue weighted by atomic mass is 16.6. The van der Waals surface area contributed by atoms with Gasteiger partial charge in [-0.05, 0) is 54.7 Å².